The number of nitrogens with one attached hydrogen (secondary N) is 2. The summed E-state index contributed by atoms with van der Waals surface area (Å²) in [5.41, 5.74) is 1.17. The van der Waals surface area contributed by atoms with Crippen LogP contribution in [0.4, 0.5) is 0 Å². The molecule has 1 unspecified atom stereocenters. The summed E-state index contributed by atoms with van der Waals surface area (Å²) in [6.07, 6.45) is 3.57. The summed E-state index contributed by atoms with van der Waals surface area (Å²) in [5, 5.41) is 15.0. The molecule has 2 rings (SSSR count). The predicted octanol–water partition coefficient (Wildman–Crippen LogP) is 1.43. The molecule has 4 nitrogen and oxygen atoms in total. The fraction of sp³-hybridized carbons (Fsp3) is 0.429. The zero-order valence-corrected chi connectivity index (χ0v) is 10.3. The standard InChI is InChI=1S/C14H17N3O/c15-9-11-4-6-12(7-5-11)14(18)17-10-13-3-1-2-8-16-13/h4-7,13,16H,1-3,8,10H2,(H,17,18). The Labute approximate surface area is 107 Å². The van der Waals surface area contributed by atoms with Gasteiger partial charge in [0, 0.05) is 18.2 Å². The van der Waals surface area contributed by atoms with Crippen LogP contribution in [0.3, 0.4) is 0 Å². The number of carbonyl (C=O) groups excluding carboxylic acids is 1. The number of carbonyl (C=O) groups is 1. The molecule has 1 saturated heterocycles. The minimum absolute atomic E-state index is 0.0770. The highest BCUT2D eigenvalue weighted by atomic mass is 16.1. The number of nitriles is 1. The molecular formula is C14H17N3O. The van der Waals surface area contributed by atoms with E-state index in [-0.39, 0.29) is 5.91 Å². The van der Waals surface area contributed by atoms with Gasteiger partial charge in [0.1, 0.15) is 0 Å². The van der Waals surface area contributed by atoms with E-state index >= 15 is 0 Å². The van der Waals surface area contributed by atoms with Crippen LogP contribution >= 0.6 is 0 Å². The Morgan fingerprint density at radius 1 is 1.39 bits per heavy atom. The van der Waals surface area contributed by atoms with Crippen LogP contribution in [0, 0.1) is 11.3 Å². The molecule has 1 atom stereocenters. The average molecular weight is 243 g/mol. The Kier molecular flexibility index (Phi) is 4.32. The summed E-state index contributed by atoms with van der Waals surface area (Å²) in [5.74, 6) is -0.0770. The molecule has 94 valence electrons. The first-order valence-corrected chi connectivity index (χ1v) is 6.31. The number of piperidine rings is 1. The first-order valence-electron chi connectivity index (χ1n) is 6.31. The molecular weight excluding hydrogens is 226 g/mol. The molecule has 1 amide bonds. The van der Waals surface area contributed by atoms with E-state index in [2.05, 4.69) is 10.6 Å². The van der Waals surface area contributed by atoms with Crippen molar-refractivity contribution in [1.29, 1.82) is 5.26 Å². The lowest BCUT2D eigenvalue weighted by Gasteiger charge is -2.23. The molecule has 1 fully saturated rings. The minimum atomic E-state index is -0.0770. The molecule has 2 N–H and O–H groups in total. The van der Waals surface area contributed by atoms with E-state index in [9.17, 15) is 4.79 Å². The van der Waals surface area contributed by atoms with E-state index in [0.29, 0.717) is 23.7 Å². The molecule has 0 bridgehead atoms. The quantitative estimate of drug-likeness (QED) is 0.844. The number of hydrogen-bond donors (Lipinski definition) is 2. The topological polar surface area (TPSA) is 64.9 Å². The van der Waals surface area contributed by atoms with Crippen LogP contribution in [0.1, 0.15) is 35.2 Å². The summed E-state index contributed by atoms with van der Waals surface area (Å²) in [6, 6.07) is 9.11. The molecule has 4 heteroatoms. The Balaban J connectivity index is 1.85. The van der Waals surface area contributed by atoms with Crippen molar-refractivity contribution in [1.82, 2.24) is 10.6 Å². The second-order valence-corrected chi connectivity index (χ2v) is 4.55. The van der Waals surface area contributed by atoms with Crippen LogP contribution in [-0.4, -0.2) is 25.0 Å². The van der Waals surface area contributed by atoms with Gasteiger partial charge in [-0.3, -0.25) is 4.79 Å². The largest absolute Gasteiger partial charge is 0.350 e. The van der Waals surface area contributed by atoms with E-state index < -0.39 is 0 Å². The van der Waals surface area contributed by atoms with Crippen LogP contribution in [-0.2, 0) is 0 Å². The van der Waals surface area contributed by atoms with Gasteiger partial charge < -0.3 is 10.6 Å². The first kappa shape index (κ1) is 12.6. The molecule has 1 aliphatic heterocycles. The minimum Gasteiger partial charge on any atom is -0.350 e. The smallest absolute Gasteiger partial charge is 0.251 e. The second-order valence-electron chi connectivity index (χ2n) is 4.55. The SMILES string of the molecule is N#Cc1ccc(C(=O)NCC2CCCCN2)cc1. The Hall–Kier alpha value is -1.86. The van der Waals surface area contributed by atoms with E-state index in [4.69, 9.17) is 5.26 Å². The zero-order chi connectivity index (χ0) is 12.8. The summed E-state index contributed by atoms with van der Waals surface area (Å²) in [4.78, 5) is 11.9. The molecule has 18 heavy (non-hydrogen) atoms. The van der Waals surface area contributed by atoms with Gasteiger partial charge in [-0.05, 0) is 43.7 Å². The summed E-state index contributed by atoms with van der Waals surface area (Å²) in [7, 11) is 0. The lowest BCUT2D eigenvalue weighted by molar-refractivity contribution is 0.0948. The highest BCUT2D eigenvalue weighted by Gasteiger charge is 2.13. The van der Waals surface area contributed by atoms with Crippen molar-refractivity contribution in [3.63, 3.8) is 0 Å². The molecule has 0 radical (unpaired) electrons. The molecule has 1 aromatic rings. The third-order valence-corrected chi connectivity index (χ3v) is 3.20. The van der Waals surface area contributed by atoms with Gasteiger partial charge in [0.2, 0.25) is 0 Å². The number of benzene rings is 1. The van der Waals surface area contributed by atoms with E-state index in [1.807, 2.05) is 6.07 Å². The monoisotopic (exact) mass is 243 g/mol. The average Bonchev–Trinajstić information content (AvgIpc) is 2.46. The van der Waals surface area contributed by atoms with Crippen molar-refractivity contribution in [3.05, 3.63) is 35.4 Å². The Morgan fingerprint density at radius 2 is 2.17 bits per heavy atom. The number of amides is 1. The lowest BCUT2D eigenvalue weighted by Crippen LogP contribution is -2.43. The maximum absolute atomic E-state index is 11.9. The van der Waals surface area contributed by atoms with Crippen LogP contribution in [0.2, 0.25) is 0 Å². The summed E-state index contributed by atoms with van der Waals surface area (Å²) >= 11 is 0. The fourth-order valence-electron chi connectivity index (χ4n) is 2.11. The van der Waals surface area contributed by atoms with Crippen molar-refractivity contribution >= 4 is 5.91 Å². The molecule has 1 aliphatic rings. The number of rotatable bonds is 3. The van der Waals surface area contributed by atoms with E-state index in [0.717, 1.165) is 13.0 Å². The van der Waals surface area contributed by atoms with Gasteiger partial charge in [-0.1, -0.05) is 6.42 Å². The Morgan fingerprint density at radius 3 is 2.78 bits per heavy atom. The lowest BCUT2D eigenvalue weighted by atomic mass is 10.0. The number of nitrogens with zero attached hydrogens (tertiary/aromatic N) is 1. The highest BCUT2D eigenvalue weighted by molar-refractivity contribution is 5.94. The molecule has 0 aromatic heterocycles. The van der Waals surface area contributed by atoms with Crippen molar-refractivity contribution < 1.29 is 4.79 Å². The molecule has 1 aromatic carbocycles. The van der Waals surface area contributed by atoms with Crippen molar-refractivity contribution in [2.24, 2.45) is 0 Å². The van der Waals surface area contributed by atoms with Crippen molar-refractivity contribution in [2.45, 2.75) is 25.3 Å². The van der Waals surface area contributed by atoms with E-state index in [1.165, 1.54) is 12.8 Å². The van der Waals surface area contributed by atoms with Gasteiger partial charge in [-0.2, -0.15) is 5.26 Å². The summed E-state index contributed by atoms with van der Waals surface area (Å²) in [6.45, 7) is 1.70. The highest BCUT2D eigenvalue weighted by Crippen LogP contribution is 2.07. The second kappa shape index (κ2) is 6.18. The van der Waals surface area contributed by atoms with Gasteiger partial charge in [-0.25, -0.2) is 0 Å². The predicted molar refractivity (Wildman–Crippen MR) is 69.1 cm³/mol. The molecule has 0 saturated carbocycles. The normalized spacial score (nSPS) is 18.9. The fourth-order valence-corrected chi connectivity index (χ4v) is 2.11. The van der Waals surface area contributed by atoms with Gasteiger partial charge in [0.25, 0.3) is 5.91 Å². The van der Waals surface area contributed by atoms with Crippen LogP contribution in [0.5, 0.6) is 0 Å². The maximum Gasteiger partial charge on any atom is 0.251 e. The third-order valence-electron chi connectivity index (χ3n) is 3.20. The van der Waals surface area contributed by atoms with Gasteiger partial charge in [0.05, 0.1) is 11.6 Å². The van der Waals surface area contributed by atoms with E-state index in [1.54, 1.807) is 24.3 Å². The van der Waals surface area contributed by atoms with Crippen LogP contribution in [0.15, 0.2) is 24.3 Å². The van der Waals surface area contributed by atoms with Crippen molar-refractivity contribution in [2.75, 3.05) is 13.1 Å². The Bertz CT molecular complexity index is 441. The molecule has 1 heterocycles. The third kappa shape index (κ3) is 3.31. The van der Waals surface area contributed by atoms with Crippen molar-refractivity contribution in [3.8, 4) is 6.07 Å². The van der Waals surface area contributed by atoms with Crippen LogP contribution < -0.4 is 10.6 Å². The van der Waals surface area contributed by atoms with Gasteiger partial charge in [0.15, 0.2) is 0 Å². The zero-order valence-electron chi connectivity index (χ0n) is 10.3. The van der Waals surface area contributed by atoms with Gasteiger partial charge in [-0.15, -0.1) is 0 Å². The summed E-state index contributed by atoms with van der Waals surface area (Å²) < 4.78 is 0. The van der Waals surface area contributed by atoms with Crippen LogP contribution in [0.25, 0.3) is 0 Å². The molecule has 0 aliphatic carbocycles. The maximum atomic E-state index is 11.9. The molecule has 0 spiro atoms. The van der Waals surface area contributed by atoms with Gasteiger partial charge >= 0.3 is 0 Å². The number of hydrogen-bond acceptors (Lipinski definition) is 3. The first-order chi connectivity index (χ1) is 8.79.